The van der Waals surface area contributed by atoms with Crippen molar-refractivity contribution in [1.82, 2.24) is 20.4 Å². The van der Waals surface area contributed by atoms with Gasteiger partial charge in [0, 0.05) is 12.7 Å². The third kappa shape index (κ3) is 2.23. The molecule has 1 atom stereocenters. The van der Waals surface area contributed by atoms with E-state index in [4.69, 9.17) is 16.1 Å². The average molecular weight is 265 g/mol. The molecule has 1 fully saturated rings. The lowest BCUT2D eigenvalue weighted by Crippen LogP contribution is -2.28. The van der Waals surface area contributed by atoms with Gasteiger partial charge in [0.1, 0.15) is 5.69 Å². The summed E-state index contributed by atoms with van der Waals surface area (Å²) in [5, 5.41) is 7.82. The molecular formula is C12H13ClN4O. The molecule has 5 nitrogen and oxygen atoms in total. The van der Waals surface area contributed by atoms with Gasteiger partial charge in [-0.25, -0.2) is 0 Å². The van der Waals surface area contributed by atoms with Crippen LogP contribution in [0.3, 0.4) is 0 Å². The van der Waals surface area contributed by atoms with Crippen LogP contribution in [0.15, 0.2) is 22.9 Å². The van der Waals surface area contributed by atoms with E-state index in [-0.39, 0.29) is 0 Å². The highest BCUT2D eigenvalue weighted by molar-refractivity contribution is 6.32. The molecule has 0 unspecified atom stereocenters. The molecule has 0 amide bonds. The SMILES string of the molecule is Clc1cccnc1-c1noc([C@@H]2CCCNC2)n1. The topological polar surface area (TPSA) is 63.8 Å². The second-order valence-electron chi connectivity index (χ2n) is 4.33. The molecule has 0 bridgehead atoms. The van der Waals surface area contributed by atoms with Crippen molar-refractivity contribution in [2.45, 2.75) is 18.8 Å². The number of halogens is 1. The van der Waals surface area contributed by atoms with Crippen molar-refractivity contribution in [2.24, 2.45) is 0 Å². The monoisotopic (exact) mass is 264 g/mol. The lowest BCUT2D eigenvalue weighted by atomic mass is 10.00. The Morgan fingerprint density at radius 2 is 2.39 bits per heavy atom. The molecule has 1 N–H and O–H groups in total. The standard InChI is InChI=1S/C12H13ClN4O/c13-9-4-2-6-15-10(9)11-16-12(18-17-11)8-3-1-5-14-7-8/h2,4,6,8,14H,1,3,5,7H2/t8-/m1/s1. The van der Waals surface area contributed by atoms with Crippen molar-refractivity contribution in [3.63, 3.8) is 0 Å². The lowest BCUT2D eigenvalue weighted by molar-refractivity contribution is 0.322. The van der Waals surface area contributed by atoms with Crippen LogP contribution >= 0.6 is 11.6 Å². The summed E-state index contributed by atoms with van der Waals surface area (Å²) in [7, 11) is 0. The van der Waals surface area contributed by atoms with Crippen molar-refractivity contribution < 1.29 is 4.52 Å². The molecule has 3 heterocycles. The molecule has 2 aromatic rings. The van der Waals surface area contributed by atoms with Gasteiger partial charge in [0.05, 0.1) is 10.9 Å². The Bertz CT molecular complexity index is 536. The third-order valence-electron chi connectivity index (χ3n) is 3.06. The van der Waals surface area contributed by atoms with E-state index >= 15 is 0 Å². The number of pyridine rings is 1. The first-order chi connectivity index (χ1) is 8.84. The van der Waals surface area contributed by atoms with E-state index in [2.05, 4.69) is 20.4 Å². The molecule has 3 rings (SSSR count). The van der Waals surface area contributed by atoms with E-state index < -0.39 is 0 Å². The molecule has 0 radical (unpaired) electrons. The first-order valence-electron chi connectivity index (χ1n) is 6.00. The molecule has 0 aliphatic carbocycles. The zero-order valence-corrected chi connectivity index (χ0v) is 10.5. The molecule has 6 heteroatoms. The minimum absolute atomic E-state index is 0.294. The van der Waals surface area contributed by atoms with Crippen LogP contribution in [0.1, 0.15) is 24.7 Å². The van der Waals surface area contributed by atoms with Gasteiger partial charge in [-0.3, -0.25) is 4.98 Å². The Labute approximate surface area is 110 Å². The number of hydrogen-bond acceptors (Lipinski definition) is 5. The first kappa shape index (κ1) is 11.6. The van der Waals surface area contributed by atoms with Gasteiger partial charge in [0.2, 0.25) is 11.7 Å². The Morgan fingerprint density at radius 1 is 1.44 bits per heavy atom. The summed E-state index contributed by atoms with van der Waals surface area (Å²) in [6.07, 6.45) is 3.87. The van der Waals surface area contributed by atoms with E-state index in [0.717, 1.165) is 25.9 Å². The van der Waals surface area contributed by atoms with Crippen LogP contribution in [-0.2, 0) is 0 Å². The maximum Gasteiger partial charge on any atom is 0.231 e. The van der Waals surface area contributed by atoms with Gasteiger partial charge in [-0.2, -0.15) is 4.98 Å². The quantitative estimate of drug-likeness (QED) is 0.901. The molecular weight excluding hydrogens is 252 g/mol. The van der Waals surface area contributed by atoms with Gasteiger partial charge in [0.25, 0.3) is 0 Å². The van der Waals surface area contributed by atoms with Crippen LogP contribution in [0.25, 0.3) is 11.5 Å². The average Bonchev–Trinajstić information content (AvgIpc) is 2.90. The van der Waals surface area contributed by atoms with Crippen molar-refractivity contribution >= 4 is 11.6 Å². The van der Waals surface area contributed by atoms with E-state index in [1.165, 1.54) is 0 Å². The summed E-state index contributed by atoms with van der Waals surface area (Å²) >= 11 is 6.06. The molecule has 94 valence electrons. The summed E-state index contributed by atoms with van der Waals surface area (Å²) in [6.45, 7) is 1.95. The molecule has 2 aromatic heterocycles. The van der Waals surface area contributed by atoms with Crippen LogP contribution in [-0.4, -0.2) is 28.2 Å². The van der Waals surface area contributed by atoms with Crippen molar-refractivity contribution in [1.29, 1.82) is 0 Å². The minimum Gasteiger partial charge on any atom is -0.339 e. The fourth-order valence-electron chi connectivity index (χ4n) is 2.11. The number of rotatable bonds is 2. The predicted molar refractivity (Wildman–Crippen MR) is 67.4 cm³/mol. The fourth-order valence-corrected chi connectivity index (χ4v) is 2.32. The first-order valence-corrected chi connectivity index (χ1v) is 6.37. The summed E-state index contributed by atoms with van der Waals surface area (Å²) < 4.78 is 5.31. The van der Waals surface area contributed by atoms with Crippen molar-refractivity contribution in [3.8, 4) is 11.5 Å². The fraction of sp³-hybridized carbons (Fsp3) is 0.417. The van der Waals surface area contributed by atoms with Crippen molar-refractivity contribution in [2.75, 3.05) is 13.1 Å². The highest BCUT2D eigenvalue weighted by atomic mass is 35.5. The number of aromatic nitrogens is 3. The zero-order valence-electron chi connectivity index (χ0n) is 9.77. The van der Waals surface area contributed by atoms with Crippen LogP contribution in [0.2, 0.25) is 5.02 Å². The Kier molecular flexibility index (Phi) is 3.25. The maximum atomic E-state index is 6.06. The summed E-state index contributed by atoms with van der Waals surface area (Å²) in [5.74, 6) is 1.42. The second-order valence-corrected chi connectivity index (χ2v) is 4.74. The predicted octanol–water partition coefficient (Wildman–Crippen LogP) is 2.25. The van der Waals surface area contributed by atoms with Gasteiger partial charge in [-0.05, 0) is 31.5 Å². The highest BCUT2D eigenvalue weighted by Crippen LogP contribution is 2.26. The Balaban J connectivity index is 1.87. The Morgan fingerprint density at radius 3 is 3.17 bits per heavy atom. The van der Waals surface area contributed by atoms with Crippen LogP contribution in [0, 0.1) is 0 Å². The number of nitrogens with zero attached hydrogens (tertiary/aromatic N) is 3. The van der Waals surface area contributed by atoms with E-state index in [1.54, 1.807) is 18.3 Å². The number of nitrogens with one attached hydrogen (secondary N) is 1. The molecule has 18 heavy (non-hydrogen) atoms. The number of piperidine rings is 1. The third-order valence-corrected chi connectivity index (χ3v) is 3.36. The second kappa shape index (κ2) is 5.04. The van der Waals surface area contributed by atoms with Gasteiger partial charge < -0.3 is 9.84 Å². The van der Waals surface area contributed by atoms with Gasteiger partial charge >= 0.3 is 0 Å². The smallest absolute Gasteiger partial charge is 0.231 e. The highest BCUT2D eigenvalue weighted by Gasteiger charge is 2.22. The summed E-state index contributed by atoms with van der Waals surface area (Å²) in [6, 6.07) is 3.54. The molecule has 0 saturated carbocycles. The molecule has 1 aliphatic heterocycles. The van der Waals surface area contributed by atoms with Crippen LogP contribution in [0.5, 0.6) is 0 Å². The molecule has 0 aromatic carbocycles. The normalized spacial score (nSPS) is 19.9. The molecule has 1 aliphatic rings. The molecule has 1 saturated heterocycles. The summed E-state index contributed by atoms with van der Waals surface area (Å²) in [4.78, 5) is 8.57. The van der Waals surface area contributed by atoms with Crippen molar-refractivity contribution in [3.05, 3.63) is 29.2 Å². The van der Waals surface area contributed by atoms with Crippen LogP contribution in [0.4, 0.5) is 0 Å². The van der Waals surface area contributed by atoms with E-state index in [1.807, 2.05) is 0 Å². The number of hydrogen-bond donors (Lipinski definition) is 1. The van der Waals surface area contributed by atoms with Gasteiger partial charge in [0.15, 0.2) is 0 Å². The Hall–Kier alpha value is -1.46. The zero-order chi connectivity index (χ0) is 12.4. The van der Waals surface area contributed by atoms with Gasteiger partial charge in [-0.1, -0.05) is 16.8 Å². The maximum absolute atomic E-state index is 6.06. The molecule has 0 spiro atoms. The largest absolute Gasteiger partial charge is 0.339 e. The lowest BCUT2D eigenvalue weighted by Gasteiger charge is -2.18. The van der Waals surface area contributed by atoms with E-state index in [9.17, 15) is 0 Å². The van der Waals surface area contributed by atoms with Crippen LogP contribution < -0.4 is 5.32 Å². The van der Waals surface area contributed by atoms with E-state index in [0.29, 0.717) is 28.3 Å². The van der Waals surface area contributed by atoms with Gasteiger partial charge in [-0.15, -0.1) is 0 Å². The summed E-state index contributed by atoms with van der Waals surface area (Å²) in [5.41, 5.74) is 0.568. The minimum atomic E-state index is 0.294.